The number of benzene rings is 1. The standard InChI is InChI=1S/C13H11Br2N3S/c14-8-3-1-2-4-9(8)18-10(7-17-13(18)16)11-5-6-12(15)19-11/h1-6,10H,7H2,(H2,16,17). The van der Waals surface area contributed by atoms with Crippen molar-refractivity contribution in [1.29, 1.82) is 0 Å². The summed E-state index contributed by atoms with van der Waals surface area (Å²) in [5, 5.41) is 0. The molecule has 0 bridgehead atoms. The monoisotopic (exact) mass is 399 g/mol. The average Bonchev–Trinajstić information content (AvgIpc) is 2.96. The Hall–Kier alpha value is -0.850. The summed E-state index contributed by atoms with van der Waals surface area (Å²) in [5.74, 6) is 0.571. The van der Waals surface area contributed by atoms with E-state index >= 15 is 0 Å². The van der Waals surface area contributed by atoms with Gasteiger partial charge in [0, 0.05) is 9.35 Å². The van der Waals surface area contributed by atoms with Crippen molar-refractivity contribution < 1.29 is 0 Å². The number of para-hydroxylation sites is 1. The van der Waals surface area contributed by atoms with E-state index in [1.807, 2.05) is 24.3 Å². The Balaban J connectivity index is 2.02. The first-order valence-corrected chi connectivity index (χ1v) is 8.16. The van der Waals surface area contributed by atoms with Crippen molar-refractivity contribution >= 4 is 54.8 Å². The fourth-order valence-corrected chi connectivity index (χ4v) is 4.14. The van der Waals surface area contributed by atoms with Crippen LogP contribution in [0.15, 0.2) is 49.6 Å². The maximum absolute atomic E-state index is 6.06. The first kappa shape index (κ1) is 13.1. The van der Waals surface area contributed by atoms with E-state index in [4.69, 9.17) is 5.73 Å². The molecule has 1 aromatic carbocycles. The topological polar surface area (TPSA) is 41.6 Å². The predicted molar refractivity (Wildman–Crippen MR) is 87.9 cm³/mol. The van der Waals surface area contributed by atoms with Crippen LogP contribution in [0.2, 0.25) is 0 Å². The van der Waals surface area contributed by atoms with E-state index in [-0.39, 0.29) is 6.04 Å². The molecule has 0 aliphatic carbocycles. The largest absolute Gasteiger partial charge is 0.369 e. The van der Waals surface area contributed by atoms with Crippen LogP contribution in [0, 0.1) is 0 Å². The molecule has 0 fully saturated rings. The maximum Gasteiger partial charge on any atom is 0.196 e. The Labute approximate surface area is 132 Å². The molecule has 0 radical (unpaired) electrons. The zero-order chi connectivity index (χ0) is 13.4. The minimum absolute atomic E-state index is 0.176. The molecule has 2 aromatic rings. The van der Waals surface area contributed by atoms with Gasteiger partial charge in [0.2, 0.25) is 0 Å². The van der Waals surface area contributed by atoms with Crippen LogP contribution < -0.4 is 10.6 Å². The molecule has 0 saturated heterocycles. The molecular formula is C13H11Br2N3S. The minimum atomic E-state index is 0.176. The third-order valence-corrected chi connectivity index (χ3v) is 5.41. The molecule has 3 rings (SSSR count). The first-order valence-electron chi connectivity index (χ1n) is 5.76. The summed E-state index contributed by atoms with van der Waals surface area (Å²) in [7, 11) is 0. The fraction of sp³-hybridized carbons (Fsp3) is 0.154. The number of nitrogens with two attached hydrogens (primary N) is 1. The number of anilines is 1. The van der Waals surface area contributed by atoms with Gasteiger partial charge in [-0.25, -0.2) is 0 Å². The lowest BCUT2D eigenvalue weighted by Crippen LogP contribution is -2.36. The van der Waals surface area contributed by atoms with Crippen LogP contribution in [0.1, 0.15) is 10.9 Å². The number of hydrogen-bond donors (Lipinski definition) is 1. The molecular weight excluding hydrogens is 390 g/mol. The molecule has 0 spiro atoms. The van der Waals surface area contributed by atoms with Gasteiger partial charge in [-0.3, -0.25) is 4.99 Å². The first-order chi connectivity index (χ1) is 9.16. The van der Waals surface area contributed by atoms with Gasteiger partial charge in [-0.05, 0) is 56.1 Å². The SMILES string of the molecule is NC1=NCC(c2ccc(Br)s2)N1c1ccccc1Br. The van der Waals surface area contributed by atoms with Gasteiger partial charge in [0.1, 0.15) is 0 Å². The highest BCUT2D eigenvalue weighted by molar-refractivity contribution is 9.11. The highest BCUT2D eigenvalue weighted by atomic mass is 79.9. The number of halogens is 2. The Morgan fingerprint density at radius 1 is 1.21 bits per heavy atom. The highest BCUT2D eigenvalue weighted by Crippen LogP contribution is 2.38. The predicted octanol–water partition coefficient (Wildman–Crippen LogP) is 4.15. The normalized spacial score (nSPS) is 18.7. The maximum atomic E-state index is 6.06. The molecule has 1 aliphatic rings. The summed E-state index contributed by atoms with van der Waals surface area (Å²) < 4.78 is 2.15. The fourth-order valence-electron chi connectivity index (χ4n) is 2.16. The van der Waals surface area contributed by atoms with Crippen molar-refractivity contribution in [3.05, 3.63) is 49.5 Å². The number of rotatable bonds is 2. The number of thiophene rings is 1. The van der Waals surface area contributed by atoms with Crippen LogP contribution in [-0.2, 0) is 0 Å². The second-order valence-corrected chi connectivity index (χ2v) is 7.53. The van der Waals surface area contributed by atoms with Crippen LogP contribution in [-0.4, -0.2) is 12.5 Å². The van der Waals surface area contributed by atoms with E-state index in [0.29, 0.717) is 12.5 Å². The summed E-state index contributed by atoms with van der Waals surface area (Å²) in [5.41, 5.74) is 7.11. The van der Waals surface area contributed by atoms with Gasteiger partial charge in [-0.1, -0.05) is 12.1 Å². The second kappa shape index (κ2) is 5.26. The van der Waals surface area contributed by atoms with E-state index < -0.39 is 0 Å². The zero-order valence-corrected chi connectivity index (χ0v) is 13.9. The van der Waals surface area contributed by atoms with Crippen molar-refractivity contribution in [3.63, 3.8) is 0 Å². The molecule has 19 heavy (non-hydrogen) atoms. The van der Waals surface area contributed by atoms with Crippen molar-refractivity contribution in [1.82, 2.24) is 0 Å². The smallest absolute Gasteiger partial charge is 0.196 e. The number of aliphatic imine (C=N–C) groups is 1. The van der Waals surface area contributed by atoms with Crippen molar-refractivity contribution in [2.24, 2.45) is 10.7 Å². The van der Waals surface area contributed by atoms with Gasteiger partial charge in [-0.2, -0.15) is 0 Å². The van der Waals surface area contributed by atoms with E-state index in [1.54, 1.807) is 11.3 Å². The van der Waals surface area contributed by atoms with Crippen LogP contribution in [0.4, 0.5) is 5.69 Å². The van der Waals surface area contributed by atoms with Crippen LogP contribution in [0.3, 0.4) is 0 Å². The lowest BCUT2D eigenvalue weighted by molar-refractivity contribution is 0.783. The number of guanidine groups is 1. The molecule has 0 saturated carbocycles. The quantitative estimate of drug-likeness (QED) is 0.822. The molecule has 1 aliphatic heterocycles. The molecule has 1 atom stereocenters. The van der Waals surface area contributed by atoms with E-state index in [0.717, 1.165) is 13.9 Å². The van der Waals surface area contributed by atoms with Crippen molar-refractivity contribution in [3.8, 4) is 0 Å². The second-order valence-electron chi connectivity index (χ2n) is 4.18. The summed E-state index contributed by atoms with van der Waals surface area (Å²) in [6.45, 7) is 0.695. The van der Waals surface area contributed by atoms with Gasteiger partial charge >= 0.3 is 0 Å². The third kappa shape index (κ3) is 2.44. The summed E-state index contributed by atoms with van der Waals surface area (Å²) in [4.78, 5) is 7.74. The Morgan fingerprint density at radius 2 is 2.00 bits per heavy atom. The average molecular weight is 401 g/mol. The number of hydrogen-bond acceptors (Lipinski definition) is 4. The van der Waals surface area contributed by atoms with E-state index in [9.17, 15) is 0 Å². The van der Waals surface area contributed by atoms with Gasteiger partial charge in [0.15, 0.2) is 5.96 Å². The molecule has 98 valence electrons. The Morgan fingerprint density at radius 3 is 2.68 bits per heavy atom. The molecule has 6 heteroatoms. The van der Waals surface area contributed by atoms with Gasteiger partial charge in [0.25, 0.3) is 0 Å². The molecule has 2 N–H and O–H groups in total. The van der Waals surface area contributed by atoms with Gasteiger partial charge in [-0.15, -0.1) is 11.3 Å². The van der Waals surface area contributed by atoms with Crippen molar-refractivity contribution in [2.45, 2.75) is 6.04 Å². The summed E-state index contributed by atoms with van der Waals surface area (Å²) in [6, 6.07) is 12.4. The van der Waals surface area contributed by atoms with Gasteiger partial charge in [0.05, 0.1) is 22.1 Å². The van der Waals surface area contributed by atoms with Crippen LogP contribution in [0.5, 0.6) is 0 Å². The van der Waals surface area contributed by atoms with E-state index in [1.165, 1.54) is 4.88 Å². The zero-order valence-electron chi connectivity index (χ0n) is 9.88. The lowest BCUT2D eigenvalue weighted by Gasteiger charge is -2.26. The third-order valence-electron chi connectivity index (χ3n) is 3.02. The summed E-state index contributed by atoms with van der Waals surface area (Å²) >= 11 is 8.81. The lowest BCUT2D eigenvalue weighted by atomic mass is 10.2. The van der Waals surface area contributed by atoms with Gasteiger partial charge < -0.3 is 10.6 Å². The van der Waals surface area contributed by atoms with Crippen LogP contribution >= 0.6 is 43.2 Å². The summed E-state index contributed by atoms with van der Waals surface area (Å²) in [6.07, 6.45) is 0. The minimum Gasteiger partial charge on any atom is -0.369 e. The molecule has 3 nitrogen and oxygen atoms in total. The van der Waals surface area contributed by atoms with E-state index in [2.05, 4.69) is 53.9 Å². The van der Waals surface area contributed by atoms with Crippen LogP contribution in [0.25, 0.3) is 0 Å². The van der Waals surface area contributed by atoms with Crippen molar-refractivity contribution in [2.75, 3.05) is 11.4 Å². The number of nitrogens with zero attached hydrogens (tertiary/aromatic N) is 2. The molecule has 2 heterocycles. The molecule has 1 aromatic heterocycles. The Bertz CT molecular complexity index is 638. The molecule has 1 unspecified atom stereocenters. The molecule has 0 amide bonds. The Kier molecular flexibility index (Phi) is 3.64. The highest BCUT2D eigenvalue weighted by Gasteiger charge is 2.30.